The van der Waals surface area contributed by atoms with Crippen LogP contribution in [-0.4, -0.2) is 30.3 Å². The molecule has 1 saturated heterocycles. The number of nitrogens with zero attached hydrogens (tertiary/aromatic N) is 1. The third kappa shape index (κ3) is 1.96. The van der Waals surface area contributed by atoms with Crippen LogP contribution in [0.2, 0.25) is 0 Å². The SMILES string of the molecule is COc1cccnc1C1(O)CCCNC1. The van der Waals surface area contributed by atoms with E-state index in [0.29, 0.717) is 18.0 Å². The molecular formula is C11H16N2O2. The molecule has 1 aliphatic heterocycles. The summed E-state index contributed by atoms with van der Waals surface area (Å²) in [6, 6.07) is 3.64. The molecule has 15 heavy (non-hydrogen) atoms. The molecule has 0 saturated carbocycles. The largest absolute Gasteiger partial charge is 0.495 e. The predicted octanol–water partition coefficient (Wildman–Crippen LogP) is 0.661. The number of ether oxygens (including phenoxy) is 1. The highest BCUT2D eigenvalue weighted by Gasteiger charge is 2.35. The smallest absolute Gasteiger partial charge is 0.143 e. The Morgan fingerprint density at radius 1 is 1.60 bits per heavy atom. The predicted molar refractivity (Wildman–Crippen MR) is 56.8 cm³/mol. The fourth-order valence-electron chi connectivity index (χ4n) is 2.00. The van der Waals surface area contributed by atoms with Gasteiger partial charge in [0, 0.05) is 12.7 Å². The first kappa shape index (κ1) is 10.4. The molecule has 0 amide bonds. The highest BCUT2D eigenvalue weighted by Crippen LogP contribution is 2.32. The van der Waals surface area contributed by atoms with E-state index in [-0.39, 0.29) is 0 Å². The van der Waals surface area contributed by atoms with Crippen LogP contribution in [0.5, 0.6) is 5.75 Å². The number of β-amino-alcohol motifs (C(OH)–C–C–N with tert-alkyl or cyclic N) is 1. The van der Waals surface area contributed by atoms with Crippen LogP contribution < -0.4 is 10.1 Å². The Balaban J connectivity index is 2.34. The first-order chi connectivity index (χ1) is 7.26. The normalized spacial score (nSPS) is 26.3. The minimum Gasteiger partial charge on any atom is -0.495 e. The van der Waals surface area contributed by atoms with Crippen LogP contribution in [0.3, 0.4) is 0 Å². The van der Waals surface area contributed by atoms with Gasteiger partial charge in [0.05, 0.1) is 7.11 Å². The average Bonchev–Trinajstić information content (AvgIpc) is 2.30. The van der Waals surface area contributed by atoms with Crippen LogP contribution in [0.1, 0.15) is 18.5 Å². The van der Waals surface area contributed by atoms with Crippen LogP contribution in [-0.2, 0) is 5.60 Å². The Bertz CT molecular complexity index is 335. The second-order valence-electron chi connectivity index (χ2n) is 3.87. The Labute approximate surface area is 89.3 Å². The lowest BCUT2D eigenvalue weighted by atomic mass is 9.90. The van der Waals surface area contributed by atoms with Gasteiger partial charge >= 0.3 is 0 Å². The second-order valence-corrected chi connectivity index (χ2v) is 3.87. The van der Waals surface area contributed by atoms with E-state index in [0.717, 1.165) is 19.4 Å². The molecule has 1 unspecified atom stereocenters. The number of pyridine rings is 1. The summed E-state index contributed by atoms with van der Waals surface area (Å²) in [7, 11) is 1.60. The van der Waals surface area contributed by atoms with Gasteiger partial charge in [-0.15, -0.1) is 0 Å². The minimum absolute atomic E-state index is 0.542. The topological polar surface area (TPSA) is 54.4 Å². The molecule has 1 aliphatic rings. The summed E-state index contributed by atoms with van der Waals surface area (Å²) in [4.78, 5) is 4.23. The number of nitrogens with one attached hydrogen (secondary N) is 1. The first-order valence-corrected chi connectivity index (χ1v) is 5.19. The Hall–Kier alpha value is -1.13. The minimum atomic E-state index is -0.884. The summed E-state index contributed by atoms with van der Waals surface area (Å²) < 4.78 is 5.21. The fraction of sp³-hybridized carbons (Fsp3) is 0.545. The summed E-state index contributed by atoms with van der Waals surface area (Å²) in [5.41, 5.74) is -0.245. The second kappa shape index (κ2) is 4.16. The molecule has 0 bridgehead atoms. The van der Waals surface area contributed by atoms with Crippen LogP contribution in [0.4, 0.5) is 0 Å². The van der Waals surface area contributed by atoms with Crippen LogP contribution in [0.25, 0.3) is 0 Å². The van der Waals surface area contributed by atoms with Crippen LogP contribution in [0.15, 0.2) is 18.3 Å². The lowest BCUT2D eigenvalue weighted by Crippen LogP contribution is -2.44. The zero-order valence-electron chi connectivity index (χ0n) is 8.86. The van der Waals surface area contributed by atoms with Crippen molar-refractivity contribution in [3.05, 3.63) is 24.0 Å². The number of hydrogen-bond donors (Lipinski definition) is 2. The number of rotatable bonds is 2. The first-order valence-electron chi connectivity index (χ1n) is 5.19. The summed E-state index contributed by atoms with van der Waals surface area (Å²) in [6.07, 6.45) is 3.37. The average molecular weight is 208 g/mol. The van der Waals surface area contributed by atoms with Crippen LogP contribution >= 0.6 is 0 Å². The van der Waals surface area contributed by atoms with Gasteiger partial charge in [-0.2, -0.15) is 0 Å². The lowest BCUT2D eigenvalue weighted by molar-refractivity contribution is 0.00604. The third-order valence-corrected chi connectivity index (χ3v) is 2.79. The number of hydrogen-bond acceptors (Lipinski definition) is 4. The standard InChI is InChI=1S/C11H16N2O2/c1-15-9-4-2-7-13-10(9)11(14)5-3-6-12-8-11/h2,4,7,12,14H,3,5-6,8H2,1H3. The maximum atomic E-state index is 10.4. The maximum Gasteiger partial charge on any atom is 0.143 e. The molecule has 4 heteroatoms. The summed E-state index contributed by atoms with van der Waals surface area (Å²) in [5.74, 6) is 0.656. The molecule has 1 aromatic rings. The molecule has 1 atom stereocenters. The van der Waals surface area contributed by atoms with E-state index in [1.165, 1.54) is 0 Å². The molecule has 2 N–H and O–H groups in total. The molecular weight excluding hydrogens is 192 g/mol. The van der Waals surface area contributed by atoms with Crippen molar-refractivity contribution >= 4 is 0 Å². The molecule has 2 rings (SSSR count). The number of methoxy groups -OCH3 is 1. The monoisotopic (exact) mass is 208 g/mol. The van der Waals surface area contributed by atoms with Gasteiger partial charge in [-0.3, -0.25) is 4.98 Å². The molecule has 0 aliphatic carbocycles. The zero-order valence-corrected chi connectivity index (χ0v) is 8.86. The molecule has 0 radical (unpaired) electrons. The molecule has 82 valence electrons. The number of aromatic nitrogens is 1. The summed E-state index contributed by atoms with van der Waals surface area (Å²) in [6.45, 7) is 1.50. The van der Waals surface area contributed by atoms with E-state index in [1.54, 1.807) is 13.3 Å². The van der Waals surface area contributed by atoms with E-state index < -0.39 is 5.60 Å². The molecule has 1 aromatic heterocycles. The quantitative estimate of drug-likeness (QED) is 0.749. The van der Waals surface area contributed by atoms with Crippen molar-refractivity contribution in [3.63, 3.8) is 0 Å². The van der Waals surface area contributed by atoms with Gasteiger partial charge in [-0.1, -0.05) is 0 Å². The van der Waals surface area contributed by atoms with Gasteiger partial charge in [-0.25, -0.2) is 0 Å². The van der Waals surface area contributed by atoms with E-state index in [2.05, 4.69) is 10.3 Å². The van der Waals surface area contributed by atoms with E-state index in [4.69, 9.17) is 4.74 Å². The van der Waals surface area contributed by atoms with Gasteiger partial charge in [0.15, 0.2) is 0 Å². The van der Waals surface area contributed by atoms with Gasteiger partial charge in [0.1, 0.15) is 17.0 Å². The summed E-state index contributed by atoms with van der Waals surface area (Å²) >= 11 is 0. The van der Waals surface area contributed by atoms with E-state index in [1.807, 2.05) is 12.1 Å². The highest BCUT2D eigenvalue weighted by atomic mass is 16.5. The van der Waals surface area contributed by atoms with Crippen LogP contribution in [0, 0.1) is 0 Å². The van der Waals surface area contributed by atoms with Crippen molar-refractivity contribution in [2.24, 2.45) is 0 Å². The Kier molecular flexibility index (Phi) is 2.88. The van der Waals surface area contributed by atoms with Crippen molar-refractivity contribution in [2.45, 2.75) is 18.4 Å². The molecule has 0 spiro atoms. The number of piperidine rings is 1. The van der Waals surface area contributed by atoms with Crippen molar-refractivity contribution in [3.8, 4) is 5.75 Å². The van der Waals surface area contributed by atoms with Gasteiger partial charge in [0.25, 0.3) is 0 Å². The van der Waals surface area contributed by atoms with E-state index >= 15 is 0 Å². The van der Waals surface area contributed by atoms with Gasteiger partial charge in [-0.05, 0) is 31.5 Å². The maximum absolute atomic E-state index is 10.4. The Morgan fingerprint density at radius 3 is 3.13 bits per heavy atom. The van der Waals surface area contributed by atoms with Gasteiger partial charge < -0.3 is 15.2 Å². The van der Waals surface area contributed by atoms with Crippen molar-refractivity contribution < 1.29 is 9.84 Å². The van der Waals surface area contributed by atoms with Gasteiger partial charge in [0.2, 0.25) is 0 Å². The number of aliphatic hydroxyl groups is 1. The third-order valence-electron chi connectivity index (χ3n) is 2.79. The van der Waals surface area contributed by atoms with E-state index in [9.17, 15) is 5.11 Å². The van der Waals surface area contributed by atoms with Crippen molar-refractivity contribution in [2.75, 3.05) is 20.2 Å². The van der Waals surface area contributed by atoms with Crippen molar-refractivity contribution in [1.82, 2.24) is 10.3 Å². The summed E-state index contributed by atoms with van der Waals surface area (Å²) in [5, 5.41) is 13.6. The zero-order chi connectivity index (χ0) is 10.7. The molecule has 0 aromatic carbocycles. The van der Waals surface area contributed by atoms with Crippen molar-refractivity contribution in [1.29, 1.82) is 0 Å². The fourth-order valence-corrected chi connectivity index (χ4v) is 2.00. The molecule has 2 heterocycles. The molecule has 1 fully saturated rings. The highest BCUT2D eigenvalue weighted by molar-refractivity contribution is 5.32. The Morgan fingerprint density at radius 2 is 2.47 bits per heavy atom. The molecule has 4 nitrogen and oxygen atoms in total. The lowest BCUT2D eigenvalue weighted by Gasteiger charge is -2.32.